The highest BCUT2D eigenvalue weighted by Gasteiger charge is 2.10. The van der Waals surface area contributed by atoms with Crippen molar-refractivity contribution < 1.29 is 9.85 Å². The monoisotopic (exact) mass is 368 g/mol. The molecule has 0 aliphatic heterocycles. The van der Waals surface area contributed by atoms with Crippen LogP contribution in [-0.4, -0.2) is 24.8 Å². The molecule has 0 spiro atoms. The summed E-state index contributed by atoms with van der Waals surface area (Å²) in [6.45, 7) is 0. The first-order valence-corrected chi connectivity index (χ1v) is 7.45. The van der Waals surface area contributed by atoms with Crippen LogP contribution >= 0.6 is 0 Å². The van der Waals surface area contributed by atoms with Crippen LogP contribution in [0.2, 0.25) is 0 Å². The van der Waals surface area contributed by atoms with E-state index in [9.17, 15) is 20.2 Å². The van der Waals surface area contributed by atoms with Gasteiger partial charge in [0.2, 0.25) is 17.8 Å². The fourth-order valence-electron chi connectivity index (χ4n) is 2.16. The average molecular weight is 368 g/mol. The second-order valence-corrected chi connectivity index (χ2v) is 5.21. The number of nitrogens with two attached hydrogens (primary N) is 1. The standard InChI is InChI=1S/C15H12N8O4/c16-13-19-14(17-9-3-1-5-11(7-9)22(24)25)21-15(20-13)18-10-4-2-6-12(8-10)23(26)27/h1-8H,(H4,16,17,18,19,20,21). The molecule has 0 atom stereocenters. The summed E-state index contributed by atoms with van der Waals surface area (Å²) in [5.74, 6) is -0.00211. The summed E-state index contributed by atoms with van der Waals surface area (Å²) in [5, 5.41) is 27.3. The molecule has 4 N–H and O–H groups in total. The Bertz CT molecular complexity index is 948. The molecule has 1 heterocycles. The third kappa shape index (κ3) is 4.39. The summed E-state index contributed by atoms with van der Waals surface area (Å²) in [4.78, 5) is 32.6. The molecule has 0 aliphatic rings. The Labute approximate surface area is 151 Å². The SMILES string of the molecule is Nc1nc(Nc2cccc([N+](=O)[O-])c2)nc(Nc2cccc([N+](=O)[O-])c2)n1. The highest BCUT2D eigenvalue weighted by molar-refractivity contribution is 5.62. The number of benzene rings is 2. The van der Waals surface area contributed by atoms with Gasteiger partial charge in [-0.2, -0.15) is 15.0 Å². The zero-order valence-corrected chi connectivity index (χ0v) is 13.6. The molecule has 0 amide bonds. The van der Waals surface area contributed by atoms with Crippen molar-refractivity contribution >= 4 is 40.6 Å². The van der Waals surface area contributed by atoms with Gasteiger partial charge in [-0.3, -0.25) is 20.2 Å². The number of hydrogen-bond donors (Lipinski definition) is 3. The van der Waals surface area contributed by atoms with Crippen LogP contribution in [0.3, 0.4) is 0 Å². The molecule has 12 nitrogen and oxygen atoms in total. The highest BCUT2D eigenvalue weighted by Crippen LogP contribution is 2.22. The van der Waals surface area contributed by atoms with Gasteiger partial charge in [-0.1, -0.05) is 12.1 Å². The van der Waals surface area contributed by atoms with Crippen LogP contribution < -0.4 is 16.4 Å². The van der Waals surface area contributed by atoms with E-state index in [1.807, 2.05) is 0 Å². The van der Waals surface area contributed by atoms with Crippen molar-refractivity contribution in [2.75, 3.05) is 16.4 Å². The number of nitrogens with zero attached hydrogens (tertiary/aromatic N) is 5. The van der Waals surface area contributed by atoms with Crippen molar-refractivity contribution in [1.82, 2.24) is 15.0 Å². The van der Waals surface area contributed by atoms with Gasteiger partial charge < -0.3 is 16.4 Å². The fourth-order valence-corrected chi connectivity index (χ4v) is 2.16. The number of hydrogen-bond acceptors (Lipinski definition) is 10. The number of anilines is 5. The zero-order chi connectivity index (χ0) is 19.4. The Morgan fingerprint density at radius 1 is 0.778 bits per heavy atom. The summed E-state index contributed by atoms with van der Waals surface area (Å²) in [6, 6.07) is 11.5. The average Bonchev–Trinajstić information content (AvgIpc) is 2.61. The molecule has 3 aromatic rings. The Morgan fingerprint density at radius 2 is 1.22 bits per heavy atom. The van der Waals surface area contributed by atoms with Crippen molar-refractivity contribution in [1.29, 1.82) is 0 Å². The number of nitro benzene ring substituents is 2. The maximum absolute atomic E-state index is 10.9. The van der Waals surface area contributed by atoms with E-state index in [4.69, 9.17) is 5.73 Å². The van der Waals surface area contributed by atoms with Crippen molar-refractivity contribution in [2.24, 2.45) is 0 Å². The lowest BCUT2D eigenvalue weighted by atomic mass is 10.3. The second-order valence-electron chi connectivity index (χ2n) is 5.21. The van der Waals surface area contributed by atoms with Crippen LogP contribution in [0.4, 0.5) is 40.6 Å². The number of nitrogen functional groups attached to an aromatic ring is 1. The van der Waals surface area contributed by atoms with Crippen molar-refractivity contribution in [3.05, 3.63) is 68.8 Å². The van der Waals surface area contributed by atoms with Gasteiger partial charge in [0.05, 0.1) is 9.85 Å². The summed E-state index contributed by atoms with van der Waals surface area (Å²) in [7, 11) is 0. The summed E-state index contributed by atoms with van der Waals surface area (Å²) < 4.78 is 0. The van der Waals surface area contributed by atoms with Crippen molar-refractivity contribution in [3.8, 4) is 0 Å². The molecular weight excluding hydrogens is 356 g/mol. The normalized spacial score (nSPS) is 10.2. The van der Waals surface area contributed by atoms with E-state index >= 15 is 0 Å². The van der Waals surface area contributed by atoms with Gasteiger partial charge in [-0.15, -0.1) is 0 Å². The molecule has 0 bridgehead atoms. The topological polar surface area (TPSA) is 175 Å². The molecule has 1 aromatic heterocycles. The van der Waals surface area contributed by atoms with Crippen LogP contribution in [0, 0.1) is 20.2 Å². The van der Waals surface area contributed by atoms with Gasteiger partial charge in [0, 0.05) is 35.6 Å². The number of aromatic nitrogens is 3. The van der Waals surface area contributed by atoms with E-state index in [0.29, 0.717) is 11.4 Å². The van der Waals surface area contributed by atoms with Crippen LogP contribution in [0.25, 0.3) is 0 Å². The molecule has 0 fully saturated rings. The number of non-ortho nitro benzene ring substituents is 2. The number of nitrogens with one attached hydrogen (secondary N) is 2. The Hall–Kier alpha value is -4.35. The maximum atomic E-state index is 10.9. The molecule has 0 saturated carbocycles. The third-order valence-electron chi connectivity index (χ3n) is 3.28. The van der Waals surface area contributed by atoms with Crippen molar-refractivity contribution in [2.45, 2.75) is 0 Å². The van der Waals surface area contributed by atoms with E-state index < -0.39 is 9.85 Å². The van der Waals surface area contributed by atoms with Crippen LogP contribution in [0.15, 0.2) is 48.5 Å². The molecule has 0 radical (unpaired) electrons. The molecule has 0 saturated heterocycles. The lowest BCUT2D eigenvalue weighted by molar-refractivity contribution is -0.385. The van der Waals surface area contributed by atoms with E-state index in [0.717, 1.165) is 0 Å². The molecule has 12 heteroatoms. The smallest absolute Gasteiger partial charge is 0.271 e. The minimum Gasteiger partial charge on any atom is -0.368 e. The summed E-state index contributed by atoms with van der Waals surface area (Å²) in [6.07, 6.45) is 0. The second kappa shape index (κ2) is 7.26. The van der Waals surface area contributed by atoms with E-state index in [2.05, 4.69) is 25.6 Å². The summed E-state index contributed by atoms with van der Waals surface area (Å²) >= 11 is 0. The first kappa shape index (κ1) is 17.5. The van der Waals surface area contributed by atoms with Gasteiger partial charge >= 0.3 is 0 Å². The van der Waals surface area contributed by atoms with Crippen LogP contribution in [0.5, 0.6) is 0 Å². The van der Waals surface area contributed by atoms with Crippen LogP contribution in [-0.2, 0) is 0 Å². The minimum atomic E-state index is -0.526. The molecule has 27 heavy (non-hydrogen) atoms. The molecule has 3 rings (SSSR count). The molecule has 0 aliphatic carbocycles. The predicted molar refractivity (Wildman–Crippen MR) is 97.0 cm³/mol. The predicted octanol–water partition coefficient (Wildman–Crippen LogP) is 2.76. The van der Waals surface area contributed by atoms with E-state index in [-0.39, 0.29) is 29.2 Å². The molecule has 136 valence electrons. The first-order chi connectivity index (χ1) is 12.9. The molecular formula is C15H12N8O4. The zero-order valence-electron chi connectivity index (χ0n) is 13.6. The Morgan fingerprint density at radius 3 is 1.63 bits per heavy atom. The lowest BCUT2D eigenvalue weighted by Gasteiger charge is -2.09. The minimum absolute atomic E-state index is 0.0518. The largest absolute Gasteiger partial charge is 0.368 e. The fraction of sp³-hybridized carbons (Fsp3) is 0. The Kier molecular flexibility index (Phi) is 4.70. The number of rotatable bonds is 6. The van der Waals surface area contributed by atoms with Crippen molar-refractivity contribution in [3.63, 3.8) is 0 Å². The van der Waals surface area contributed by atoms with Crippen LogP contribution in [0.1, 0.15) is 0 Å². The molecule has 0 unspecified atom stereocenters. The van der Waals surface area contributed by atoms with Gasteiger partial charge in [0.25, 0.3) is 11.4 Å². The van der Waals surface area contributed by atoms with Gasteiger partial charge in [0.1, 0.15) is 0 Å². The van der Waals surface area contributed by atoms with Gasteiger partial charge in [-0.25, -0.2) is 0 Å². The Balaban J connectivity index is 1.84. The number of nitro groups is 2. The van der Waals surface area contributed by atoms with Gasteiger partial charge in [0.15, 0.2) is 0 Å². The van der Waals surface area contributed by atoms with E-state index in [1.165, 1.54) is 36.4 Å². The summed E-state index contributed by atoms with van der Waals surface area (Å²) in [5.41, 5.74) is 6.23. The van der Waals surface area contributed by atoms with Gasteiger partial charge in [-0.05, 0) is 12.1 Å². The lowest BCUT2D eigenvalue weighted by Crippen LogP contribution is -2.07. The van der Waals surface area contributed by atoms with E-state index in [1.54, 1.807) is 12.1 Å². The highest BCUT2D eigenvalue weighted by atomic mass is 16.6. The molecule has 2 aromatic carbocycles. The first-order valence-electron chi connectivity index (χ1n) is 7.45. The maximum Gasteiger partial charge on any atom is 0.271 e. The third-order valence-corrected chi connectivity index (χ3v) is 3.28. The quantitative estimate of drug-likeness (QED) is 0.433.